The van der Waals surface area contributed by atoms with Crippen molar-refractivity contribution in [3.05, 3.63) is 47.5 Å². The van der Waals surface area contributed by atoms with Crippen LogP contribution in [0.1, 0.15) is 25.0 Å². The van der Waals surface area contributed by atoms with Crippen LogP contribution in [0.15, 0.2) is 36.4 Å². The van der Waals surface area contributed by atoms with Crippen molar-refractivity contribution in [3.8, 4) is 11.5 Å². The Balaban J connectivity index is 1.51. The van der Waals surface area contributed by atoms with E-state index in [0.29, 0.717) is 24.6 Å². The van der Waals surface area contributed by atoms with Gasteiger partial charge in [0, 0.05) is 19.6 Å². The molecule has 0 amide bonds. The maximum Gasteiger partial charge on any atom is 0.161 e. The van der Waals surface area contributed by atoms with Gasteiger partial charge in [0.05, 0.1) is 18.8 Å². The zero-order valence-electron chi connectivity index (χ0n) is 17.8. The van der Waals surface area contributed by atoms with Crippen LogP contribution in [0.5, 0.6) is 11.5 Å². The Morgan fingerprint density at radius 3 is 2.43 bits per heavy atom. The predicted octanol–water partition coefficient (Wildman–Crippen LogP) is 3.07. The largest absolute Gasteiger partial charge is 0.493 e. The lowest BCUT2D eigenvalue weighted by molar-refractivity contribution is 0.0705. The molecule has 1 aromatic heterocycles. The van der Waals surface area contributed by atoms with Gasteiger partial charge in [-0.2, -0.15) is 8.75 Å². The summed E-state index contributed by atoms with van der Waals surface area (Å²) in [5.41, 5.74) is 4.14. The van der Waals surface area contributed by atoms with Gasteiger partial charge in [-0.25, -0.2) is 0 Å². The monoisotopic (exact) mass is 430 g/mol. The lowest BCUT2D eigenvalue weighted by Gasteiger charge is -2.22. The third-order valence-electron chi connectivity index (χ3n) is 5.00. The number of nitrogens with zero attached hydrogens (tertiary/aromatic N) is 3. The van der Waals surface area contributed by atoms with Crippen LogP contribution >= 0.6 is 11.7 Å². The summed E-state index contributed by atoms with van der Waals surface area (Å²) in [6.45, 7) is 8.27. The summed E-state index contributed by atoms with van der Waals surface area (Å²) in [5.74, 6) is 1.31. The molecule has 0 fully saturated rings. The molecular formula is C22H30N4O3S. The summed E-state index contributed by atoms with van der Waals surface area (Å²) in [6, 6.07) is 12.0. The fraction of sp³-hybridized carbons (Fsp3) is 0.455. The number of hydrogen-bond donors (Lipinski definition) is 2. The lowest BCUT2D eigenvalue weighted by Crippen LogP contribution is -2.35. The molecule has 0 radical (unpaired) electrons. The molecule has 8 heteroatoms. The van der Waals surface area contributed by atoms with Gasteiger partial charge in [0.25, 0.3) is 0 Å². The first-order valence-corrected chi connectivity index (χ1v) is 11.0. The third-order valence-corrected chi connectivity index (χ3v) is 5.56. The van der Waals surface area contributed by atoms with E-state index in [-0.39, 0.29) is 6.61 Å². The smallest absolute Gasteiger partial charge is 0.161 e. The number of likely N-dealkylation sites (N-methyl/N-ethyl adjacent to an activating group) is 1. The van der Waals surface area contributed by atoms with Crippen molar-refractivity contribution in [2.75, 3.05) is 33.4 Å². The summed E-state index contributed by atoms with van der Waals surface area (Å²) < 4.78 is 19.8. The minimum atomic E-state index is -0.541. The normalized spacial score (nSPS) is 12.4. The van der Waals surface area contributed by atoms with Crippen LogP contribution in [-0.4, -0.2) is 58.2 Å². The molecule has 162 valence electrons. The minimum absolute atomic E-state index is 0.235. The number of aromatic nitrogens is 2. The quantitative estimate of drug-likeness (QED) is 0.457. The molecule has 0 aliphatic heterocycles. The molecule has 0 spiro atoms. The van der Waals surface area contributed by atoms with Gasteiger partial charge in [0.1, 0.15) is 23.7 Å². The number of nitrogens with one attached hydrogen (secondary N) is 1. The number of rotatable bonds is 12. The van der Waals surface area contributed by atoms with E-state index in [1.54, 1.807) is 7.11 Å². The summed E-state index contributed by atoms with van der Waals surface area (Å²) in [4.78, 5) is 2.17. The second-order valence-corrected chi connectivity index (χ2v) is 7.66. The Kier molecular flexibility index (Phi) is 8.39. The maximum absolute atomic E-state index is 10.2. The maximum atomic E-state index is 10.2. The van der Waals surface area contributed by atoms with Gasteiger partial charge in [0.15, 0.2) is 11.5 Å². The van der Waals surface area contributed by atoms with Gasteiger partial charge in [-0.1, -0.05) is 26.0 Å². The van der Waals surface area contributed by atoms with Gasteiger partial charge in [-0.3, -0.25) is 0 Å². The first-order chi connectivity index (χ1) is 14.6. The van der Waals surface area contributed by atoms with Crippen LogP contribution in [0.3, 0.4) is 0 Å². The van der Waals surface area contributed by atoms with E-state index < -0.39 is 6.10 Å². The van der Waals surface area contributed by atoms with Crippen molar-refractivity contribution in [2.45, 2.75) is 33.0 Å². The first kappa shape index (κ1) is 22.4. The molecule has 0 bridgehead atoms. The topological polar surface area (TPSA) is 79.7 Å². The van der Waals surface area contributed by atoms with Crippen LogP contribution in [0.25, 0.3) is 11.0 Å². The lowest BCUT2D eigenvalue weighted by atomic mass is 10.1. The summed E-state index contributed by atoms with van der Waals surface area (Å²) >= 11 is 1.23. The van der Waals surface area contributed by atoms with Crippen molar-refractivity contribution >= 4 is 22.8 Å². The molecule has 0 aliphatic carbocycles. The van der Waals surface area contributed by atoms with Crippen LogP contribution in [0.2, 0.25) is 0 Å². The predicted molar refractivity (Wildman–Crippen MR) is 120 cm³/mol. The average molecular weight is 431 g/mol. The highest BCUT2D eigenvalue weighted by atomic mass is 32.1. The number of aliphatic hydroxyl groups is 1. The van der Waals surface area contributed by atoms with Crippen molar-refractivity contribution in [1.82, 2.24) is 19.0 Å². The molecule has 30 heavy (non-hydrogen) atoms. The molecule has 7 nitrogen and oxygen atoms in total. The zero-order valence-corrected chi connectivity index (χ0v) is 18.6. The third kappa shape index (κ3) is 6.12. The van der Waals surface area contributed by atoms with Gasteiger partial charge in [-0.15, -0.1) is 0 Å². The molecule has 1 unspecified atom stereocenters. The number of ether oxygens (including phenoxy) is 2. The molecule has 2 N–H and O–H groups in total. The van der Waals surface area contributed by atoms with E-state index in [2.05, 4.69) is 44.9 Å². The van der Waals surface area contributed by atoms with E-state index in [0.717, 1.165) is 36.2 Å². The van der Waals surface area contributed by atoms with Crippen molar-refractivity contribution in [1.29, 1.82) is 0 Å². The van der Waals surface area contributed by atoms with Crippen molar-refractivity contribution in [2.24, 2.45) is 0 Å². The zero-order chi connectivity index (χ0) is 21.3. The highest BCUT2D eigenvalue weighted by molar-refractivity contribution is 7.00. The standard InChI is InChI=1S/C22H30N4O3S/c1-4-26(5-2)14-18(27)15-29-21-9-7-17(11-22(21)28-3)13-23-12-16-6-8-19-20(10-16)25-30-24-19/h6-11,18,23,27H,4-5,12-15H2,1-3H3. The van der Waals surface area contributed by atoms with Crippen LogP contribution < -0.4 is 14.8 Å². The SMILES string of the molecule is CCN(CC)CC(O)COc1ccc(CNCc2ccc3nsnc3c2)cc1OC. The molecular weight excluding hydrogens is 400 g/mol. The summed E-state index contributed by atoms with van der Waals surface area (Å²) in [7, 11) is 1.63. The van der Waals surface area contributed by atoms with E-state index in [1.165, 1.54) is 17.3 Å². The number of benzene rings is 2. The Labute approximate surface area is 182 Å². The molecule has 0 saturated carbocycles. The summed E-state index contributed by atoms with van der Waals surface area (Å²) in [6.07, 6.45) is -0.541. The Bertz CT molecular complexity index is 930. The Hall–Kier alpha value is -2.26. The number of aliphatic hydroxyl groups excluding tert-OH is 1. The van der Waals surface area contributed by atoms with Crippen molar-refractivity contribution < 1.29 is 14.6 Å². The Morgan fingerprint density at radius 1 is 1.00 bits per heavy atom. The fourth-order valence-corrected chi connectivity index (χ4v) is 3.77. The van der Waals surface area contributed by atoms with E-state index in [1.807, 2.05) is 24.3 Å². The van der Waals surface area contributed by atoms with Crippen LogP contribution in [0, 0.1) is 0 Å². The fourth-order valence-electron chi connectivity index (χ4n) is 3.25. The Morgan fingerprint density at radius 2 is 1.70 bits per heavy atom. The molecule has 1 atom stereocenters. The first-order valence-electron chi connectivity index (χ1n) is 10.2. The number of fused-ring (bicyclic) bond motifs is 1. The second-order valence-electron chi connectivity index (χ2n) is 7.13. The van der Waals surface area contributed by atoms with Gasteiger partial charge < -0.3 is 24.8 Å². The van der Waals surface area contributed by atoms with Gasteiger partial charge in [-0.05, 0) is 48.5 Å². The van der Waals surface area contributed by atoms with Crippen LogP contribution in [-0.2, 0) is 13.1 Å². The molecule has 0 saturated heterocycles. The van der Waals surface area contributed by atoms with Gasteiger partial charge in [0.2, 0.25) is 0 Å². The van der Waals surface area contributed by atoms with E-state index >= 15 is 0 Å². The molecule has 1 heterocycles. The average Bonchev–Trinajstić information content (AvgIpc) is 3.24. The van der Waals surface area contributed by atoms with Gasteiger partial charge >= 0.3 is 0 Å². The number of hydrogen-bond acceptors (Lipinski definition) is 8. The van der Waals surface area contributed by atoms with Crippen molar-refractivity contribution in [3.63, 3.8) is 0 Å². The highest BCUT2D eigenvalue weighted by Crippen LogP contribution is 2.28. The molecule has 2 aromatic carbocycles. The minimum Gasteiger partial charge on any atom is -0.493 e. The highest BCUT2D eigenvalue weighted by Gasteiger charge is 2.12. The van der Waals surface area contributed by atoms with E-state index in [9.17, 15) is 5.11 Å². The number of methoxy groups -OCH3 is 1. The molecule has 3 aromatic rings. The molecule has 0 aliphatic rings. The van der Waals surface area contributed by atoms with Crippen LogP contribution in [0.4, 0.5) is 0 Å². The summed E-state index contributed by atoms with van der Waals surface area (Å²) in [5, 5.41) is 13.7. The van der Waals surface area contributed by atoms with E-state index in [4.69, 9.17) is 9.47 Å². The second kappa shape index (κ2) is 11.2. The molecule has 3 rings (SSSR count).